The number of esters is 1. The van der Waals surface area contributed by atoms with Crippen molar-refractivity contribution in [3.63, 3.8) is 0 Å². The van der Waals surface area contributed by atoms with Gasteiger partial charge in [-0.05, 0) is 68.5 Å². The van der Waals surface area contributed by atoms with E-state index in [1.165, 1.54) is 37.5 Å². The Morgan fingerprint density at radius 3 is 2.64 bits per heavy atom. The zero-order chi connectivity index (χ0) is 33.0. The number of ether oxygens (including phenoxy) is 4. The van der Waals surface area contributed by atoms with Crippen LogP contribution in [0.25, 0.3) is 0 Å². The Morgan fingerprint density at radius 2 is 1.96 bits per heavy atom. The molecule has 1 N–H and O–H groups in total. The Bertz CT molecular complexity index is 1470. The Balaban J connectivity index is 1.85. The number of carbonyl (C=O) groups excluding carboxylic acids is 1. The smallest absolute Gasteiger partial charge is 0.337 e. The van der Waals surface area contributed by atoms with Crippen molar-refractivity contribution < 1.29 is 32.2 Å². The molecule has 3 rings (SSSR count). The predicted octanol–water partition coefficient (Wildman–Crippen LogP) is 6.83. The minimum Gasteiger partial charge on any atom is -0.488 e. The maximum atomic E-state index is 13.9. The quantitative estimate of drug-likeness (QED) is 0.0630. The molecule has 246 valence electrons. The lowest BCUT2D eigenvalue weighted by atomic mass is 9.96. The van der Waals surface area contributed by atoms with E-state index in [4.69, 9.17) is 30.5 Å². The average molecular weight is 678 g/mol. The molecule has 2 aromatic carbocycles. The van der Waals surface area contributed by atoms with E-state index in [-0.39, 0.29) is 51.9 Å². The van der Waals surface area contributed by atoms with E-state index in [2.05, 4.69) is 35.8 Å². The summed E-state index contributed by atoms with van der Waals surface area (Å²) in [6.07, 6.45) is 5.97. The van der Waals surface area contributed by atoms with Gasteiger partial charge in [-0.25, -0.2) is 13.2 Å². The molecule has 1 aliphatic heterocycles. The number of methoxy groups -OCH3 is 1. The second-order valence-electron chi connectivity index (χ2n) is 12.0. The zero-order valence-corrected chi connectivity index (χ0v) is 29.1. The van der Waals surface area contributed by atoms with Crippen molar-refractivity contribution in [3.8, 4) is 11.8 Å². The second kappa shape index (κ2) is 17.0. The standard InChI is InChI=1S/C32H44ClN3O7SSi/c1-6-15-43-30-13-12-24(32(37)40-2)20-31(30)44(38,39)35-28-19-25(22-34)27(33)21-29(28)36-14-8-7-10-26(36)11-9-16-41-23-42-17-18-45(3,4)5/h6,12-13,19-21,26,35H,1,7-11,14-18,23H2,2-5H3/t26-/m1/s1. The van der Waals surface area contributed by atoms with Crippen molar-refractivity contribution in [2.45, 2.75) is 68.7 Å². The van der Waals surface area contributed by atoms with E-state index in [1.54, 1.807) is 6.07 Å². The fraction of sp³-hybridized carbons (Fsp3) is 0.500. The molecular formula is C32H44ClN3O7SSi. The van der Waals surface area contributed by atoms with Gasteiger partial charge in [0.25, 0.3) is 10.0 Å². The normalized spacial score (nSPS) is 15.3. The van der Waals surface area contributed by atoms with Crippen molar-refractivity contribution in [1.82, 2.24) is 0 Å². The van der Waals surface area contributed by atoms with Crippen LogP contribution in [-0.2, 0) is 24.2 Å². The van der Waals surface area contributed by atoms with E-state index in [1.807, 2.05) is 6.07 Å². The van der Waals surface area contributed by atoms with Gasteiger partial charge in [0, 0.05) is 33.9 Å². The van der Waals surface area contributed by atoms with Crippen molar-refractivity contribution >= 4 is 47.0 Å². The molecular weight excluding hydrogens is 634 g/mol. The van der Waals surface area contributed by atoms with Gasteiger partial charge in [0.05, 0.1) is 34.6 Å². The minimum atomic E-state index is -4.32. The number of hydrogen-bond donors (Lipinski definition) is 1. The first-order valence-corrected chi connectivity index (χ1v) is 20.6. The predicted molar refractivity (Wildman–Crippen MR) is 180 cm³/mol. The van der Waals surface area contributed by atoms with Crippen LogP contribution in [0.3, 0.4) is 0 Å². The lowest BCUT2D eigenvalue weighted by molar-refractivity contribution is -0.0506. The molecule has 1 saturated heterocycles. The van der Waals surface area contributed by atoms with Gasteiger partial charge >= 0.3 is 5.97 Å². The molecule has 0 bridgehead atoms. The Kier molecular flexibility index (Phi) is 13.8. The number of nitrogens with one attached hydrogen (secondary N) is 1. The fourth-order valence-electron chi connectivity index (χ4n) is 4.99. The van der Waals surface area contributed by atoms with Gasteiger partial charge in [-0.2, -0.15) is 5.26 Å². The number of nitriles is 1. The highest BCUT2D eigenvalue weighted by molar-refractivity contribution is 7.92. The van der Waals surface area contributed by atoms with E-state index >= 15 is 0 Å². The zero-order valence-electron chi connectivity index (χ0n) is 26.6. The SMILES string of the molecule is C=CCOc1ccc(C(=O)OC)cc1S(=O)(=O)Nc1cc(C#N)c(Cl)cc1N1CCCC[C@@H]1CCCOCOCC[Si](C)(C)C. The molecule has 13 heteroatoms. The molecule has 0 unspecified atom stereocenters. The molecule has 1 aliphatic rings. The summed E-state index contributed by atoms with van der Waals surface area (Å²) in [4.78, 5) is 14.1. The van der Waals surface area contributed by atoms with Gasteiger partial charge < -0.3 is 23.8 Å². The highest BCUT2D eigenvalue weighted by Gasteiger charge is 2.29. The number of piperidine rings is 1. The maximum Gasteiger partial charge on any atom is 0.337 e. The van der Waals surface area contributed by atoms with Crippen molar-refractivity contribution in [3.05, 3.63) is 59.1 Å². The first kappa shape index (κ1) is 36.4. The van der Waals surface area contributed by atoms with Crippen LogP contribution in [0.15, 0.2) is 47.9 Å². The van der Waals surface area contributed by atoms with Crippen LogP contribution < -0.4 is 14.4 Å². The third kappa shape index (κ3) is 10.8. The van der Waals surface area contributed by atoms with Crippen LogP contribution in [0.2, 0.25) is 30.7 Å². The van der Waals surface area contributed by atoms with Gasteiger partial charge in [-0.15, -0.1) is 0 Å². The summed E-state index contributed by atoms with van der Waals surface area (Å²) < 4.78 is 52.2. The molecule has 1 fully saturated rings. The molecule has 0 aromatic heterocycles. The van der Waals surface area contributed by atoms with Gasteiger partial charge in [-0.1, -0.05) is 43.9 Å². The molecule has 45 heavy (non-hydrogen) atoms. The van der Waals surface area contributed by atoms with Crippen LogP contribution in [0.1, 0.15) is 48.0 Å². The van der Waals surface area contributed by atoms with Gasteiger partial charge in [-0.3, -0.25) is 4.72 Å². The molecule has 10 nitrogen and oxygen atoms in total. The number of halogens is 1. The number of sulfonamides is 1. The Hall–Kier alpha value is -3.08. The van der Waals surface area contributed by atoms with Crippen LogP contribution in [0.4, 0.5) is 11.4 Å². The molecule has 0 amide bonds. The number of rotatable bonds is 17. The minimum absolute atomic E-state index is 0.0337. The fourth-order valence-corrected chi connectivity index (χ4v) is 7.19. The van der Waals surface area contributed by atoms with Gasteiger partial charge in [0.1, 0.15) is 30.1 Å². The number of nitrogens with zero attached hydrogens (tertiary/aromatic N) is 2. The maximum absolute atomic E-state index is 13.9. The summed E-state index contributed by atoms with van der Waals surface area (Å²) in [5, 5.41) is 9.93. The second-order valence-corrected chi connectivity index (χ2v) is 19.7. The first-order chi connectivity index (χ1) is 21.4. The number of anilines is 2. The van der Waals surface area contributed by atoms with E-state index < -0.39 is 24.1 Å². The molecule has 0 spiro atoms. The van der Waals surface area contributed by atoms with Gasteiger partial charge in [0.15, 0.2) is 0 Å². The summed E-state index contributed by atoms with van der Waals surface area (Å²) in [7, 11) is -4.26. The first-order valence-electron chi connectivity index (χ1n) is 15.0. The van der Waals surface area contributed by atoms with Crippen LogP contribution in [-0.4, -0.2) is 68.8 Å². The monoisotopic (exact) mass is 677 g/mol. The molecule has 1 heterocycles. The average Bonchev–Trinajstić information content (AvgIpc) is 3.01. The van der Waals surface area contributed by atoms with Crippen molar-refractivity contribution in [1.29, 1.82) is 5.26 Å². The lowest BCUT2D eigenvalue weighted by Gasteiger charge is -2.39. The highest BCUT2D eigenvalue weighted by Crippen LogP contribution is 2.39. The molecule has 2 aromatic rings. The Morgan fingerprint density at radius 1 is 1.20 bits per heavy atom. The summed E-state index contributed by atoms with van der Waals surface area (Å²) in [6, 6.07) is 10.3. The van der Waals surface area contributed by atoms with Crippen molar-refractivity contribution in [2.24, 2.45) is 0 Å². The molecule has 1 atom stereocenters. The molecule has 0 aliphatic carbocycles. The largest absolute Gasteiger partial charge is 0.488 e. The van der Waals surface area contributed by atoms with E-state index in [0.29, 0.717) is 25.4 Å². The van der Waals surface area contributed by atoms with Crippen LogP contribution in [0.5, 0.6) is 5.75 Å². The third-order valence-corrected chi connectivity index (χ3v) is 10.8. The van der Waals surface area contributed by atoms with Crippen LogP contribution in [0, 0.1) is 11.3 Å². The Labute approximate surface area is 273 Å². The highest BCUT2D eigenvalue weighted by atomic mass is 35.5. The molecule has 0 saturated carbocycles. The summed E-state index contributed by atoms with van der Waals surface area (Å²) >= 11 is 6.49. The van der Waals surface area contributed by atoms with Gasteiger partial charge in [0.2, 0.25) is 0 Å². The van der Waals surface area contributed by atoms with E-state index in [9.17, 15) is 18.5 Å². The number of hydrogen-bond acceptors (Lipinski definition) is 9. The molecule has 0 radical (unpaired) electrons. The number of benzene rings is 2. The summed E-state index contributed by atoms with van der Waals surface area (Å²) in [5.74, 6) is -0.662. The van der Waals surface area contributed by atoms with E-state index in [0.717, 1.165) is 38.1 Å². The number of carbonyl (C=O) groups is 1. The third-order valence-electron chi connectivity index (χ3n) is 7.39. The van der Waals surface area contributed by atoms with Crippen molar-refractivity contribution in [2.75, 3.05) is 49.9 Å². The summed E-state index contributed by atoms with van der Waals surface area (Å²) in [5.41, 5.74) is 0.937. The van der Waals surface area contributed by atoms with Crippen LogP contribution >= 0.6 is 11.6 Å². The topological polar surface area (TPSA) is 127 Å². The summed E-state index contributed by atoms with van der Waals surface area (Å²) in [6.45, 7) is 12.8. The lowest BCUT2D eigenvalue weighted by Crippen LogP contribution is -2.40.